The van der Waals surface area contributed by atoms with Gasteiger partial charge in [-0.1, -0.05) is 29.8 Å². The first kappa shape index (κ1) is 16.7. The lowest BCUT2D eigenvalue weighted by molar-refractivity contribution is -0.142. The lowest BCUT2D eigenvalue weighted by Gasteiger charge is -2.05. The molecule has 2 aromatic rings. The largest absolute Gasteiger partial charge is 0.452 e. The van der Waals surface area contributed by atoms with Crippen molar-refractivity contribution < 1.29 is 18.7 Å². The van der Waals surface area contributed by atoms with Crippen LogP contribution in [0.2, 0.25) is 5.02 Å². The van der Waals surface area contributed by atoms with Crippen LogP contribution in [0.15, 0.2) is 54.6 Å². The number of nitrogens with one attached hydrogen (secondary N) is 1. The van der Waals surface area contributed by atoms with Crippen molar-refractivity contribution in [1.82, 2.24) is 0 Å². The molecule has 4 nitrogen and oxygen atoms in total. The minimum atomic E-state index is -0.737. The topological polar surface area (TPSA) is 55.4 Å². The van der Waals surface area contributed by atoms with Gasteiger partial charge in [-0.25, -0.2) is 9.18 Å². The molecule has 2 aromatic carbocycles. The van der Waals surface area contributed by atoms with E-state index in [4.69, 9.17) is 16.3 Å². The van der Waals surface area contributed by atoms with Crippen LogP contribution in [0.3, 0.4) is 0 Å². The molecular weight excluding hydrogens is 321 g/mol. The van der Waals surface area contributed by atoms with E-state index in [0.717, 1.165) is 6.08 Å². The third-order valence-corrected chi connectivity index (χ3v) is 3.03. The SMILES string of the molecule is O=C(COC(=O)/C=C/c1ccccc1F)Nc1ccc(Cl)cc1. The van der Waals surface area contributed by atoms with Gasteiger partial charge in [0.1, 0.15) is 5.82 Å². The van der Waals surface area contributed by atoms with Gasteiger partial charge in [-0.05, 0) is 36.4 Å². The molecule has 23 heavy (non-hydrogen) atoms. The van der Waals surface area contributed by atoms with Crippen LogP contribution in [0.5, 0.6) is 0 Å². The van der Waals surface area contributed by atoms with Crippen molar-refractivity contribution >= 4 is 35.2 Å². The smallest absolute Gasteiger partial charge is 0.331 e. The maximum absolute atomic E-state index is 13.3. The van der Waals surface area contributed by atoms with E-state index in [9.17, 15) is 14.0 Å². The average molecular weight is 334 g/mol. The molecule has 0 spiro atoms. The third kappa shape index (κ3) is 5.56. The minimum absolute atomic E-state index is 0.259. The lowest BCUT2D eigenvalue weighted by Crippen LogP contribution is -2.20. The molecule has 0 aliphatic heterocycles. The fourth-order valence-corrected chi connectivity index (χ4v) is 1.81. The molecule has 0 aromatic heterocycles. The highest BCUT2D eigenvalue weighted by Crippen LogP contribution is 2.13. The van der Waals surface area contributed by atoms with Crippen LogP contribution in [0, 0.1) is 5.82 Å². The first-order valence-electron chi connectivity index (χ1n) is 6.69. The van der Waals surface area contributed by atoms with Gasteiger partial charge in [0.25, 0.3) is 5.91 Å². The number of carbonyl (C=O) groups excluding carboxylic acids is 2. The Labute approximate surface area is 137 Å². The van der Waals surface area contributed by atoms with Crippen molar-refractivity contribution in [2.45, 2.75) is 0 Å². The Bertz CT molecular complexity index is 729. The van der Waals surface area contributed by atoms with Crippen LogP contribution in [0.4, 0.5) is 10.1 Å². The second-order valence-electron chi connectivity index (χ2n) is 4.52. The highest BCUT2D eigenvalue weighted by molar-refractivity contribution is 6.30. The molecule has 0 radical (unpaired) electrons. The summed E-state index contributed by atoms with van der Waals surface area (Å²) in [6.45, 7) is -0.441. The second-order valence-corrected chi connectivity index (χ2v) is 4.95. The summed E-state index contributed by atoms with van der Waals surface area (Å²) in [4.78, 5) is 23.1. The molecule has 1 N–H and O–H groups in total. The summed E-state index contributed by atoms with van der Waals surface area (Å²) in [6, 6.07) is 12.5. The minimum Gasteiger partial charge on any atom is -0.452 e. The van der Waals surface area contributed by atoms with E-state index < -0.39 is 24.3 Å². The zero-order valence-electron chi connectivity index (χ0n) is 12.0. The normalized spacial score (nSPS) is 10.5. The Hall–Kier alpha value is -2.66. The molecule has 0 fully saturated rings. The molecule has 2 rings (SSSR count). The van der Waals surface area contributed by atoms with Gasteiger partial charge in [0.15, 0.2) is 6.61 Å². The lowest BCUT2D eigenvalue weighted by atomic mass is 10.2. The maximum Gasteiger partial charge on any atom is 0.331 e. The molecule has 6 heteroatoms. The zero-order chi connectivity index (χ0) is 16.7. The molecule has 0 saturated heterocycles. The van der Waals surface area contributed by atoms with Gasteiger partial charge in [0, 0.05) is 22.3 Å². The number of hydrogen-bond acceptors (Lipinski definition) is 3. The number of hydrogen-bond donors (Lipinski definition) is 1. The van der Waals surface area contributed by atoms with Crippen molar-refractivity contribution in [3.8, 4) is 0 Å². The summed E-state index contributed by atoms with van der Waals surface area (Å²) in [5, 5.41) is 3.10. The van der Waals surface area contributed by atoms with E-state index in [-0.39, 0.29) is 5.56 Å². The van der Waals surface area contributed by atoms with E-state index in [1.165, 1.54) is 18.2 Å². The standard InChI is InChI=1S/C17H13ClFNO3/c18-13-6-8-14(9-7-13)20-16(21)11-23-17(22)10-5-12-3-1-2-4-15(12)19/h1-10H,11H2,(H,20,21)/b10-5+. The second kappa shape index (κ2) is 8.10. The predicted molar refractivity (Wildman–Crippen MR) is 86.5 cm³/mol. The molecule has 0 bridgehead atoms. The third-order valence-electron chi connectivity index (χ3n) is 2.78. The van der Waals surface area contributed by atoms with Crippen molar-refractivity contribution in [3.63, 3.8) is 0 Å². The molecule has 0 heterocycles. The Morgan fingerprint density at radius 3 is 2.52 bits per heavy atom. The van der Waals surface area contributed by atoms with E-state index >= 15 is 0 Å². The van der Waals surface area contributed by atoms with Crippen LogP contribution in [0.25, 0.3) is 6.08 Å². The molecular formula is C17H13ClFNO3. The van der Waals surface area contributed by atoms with Crippen LogP contribution >= 0.6 is 11.6 Å². The van der Waals surface area contributed by atoms with Gasteiger partial charge in [0.05, 0.1) is 0 Å². The van der Waals surface area contributed by atoms with Crippen LogP contribution in [-0.4, -0.2) is 18.5 Å². The number of rotatable bonds is 5. The summed E-state index contributed by atoms with van der Waals surface area (Å²) >= 11 is 5.73. The summed E-state index contributed by atoms with van der Waals surface area (Å²) in [5.74, 6) is -1.67. The maximum atomic E-state index is 13.3. The average Bonchev–Trinajstić information content (AvgIpc) is 2.54. The molecule has 0 aliphatic rings. The van der Waals surface area contributed by atoms with E-state index in [1.807, 2.05) is 0 Å². The predicted octanol–water partition coefficient (Wildman–Crippen LogP) is 3.67. The number of esters is 1. The fourth-order valence-electron chi connectivity index (χ4n) is 1.68. The quantitative estimate of drug-likeness (QED) is 0.671. The van der Waals surface area contributed by atoms with Crippen LogP contribution < -0.4 is 5.32 Å². The van der Waals surface area contributed by atoms with Gasteiger partial charge >= 0.3 is 5.97 Å². The monoisotopic (exact) mass is 333 g/mol. The summed E-state index contributed by atoms with van der Waals surface area (Å²) in [5.41, 5.74) is 0.799. The summed E-state index contributed by atoms with van der Waals surface area (Å²) < 4.78 is 18.1. The van der Waals surface area contributed by atoms with Gasteiger partial charge in [-0.2, -0.15) is 0 Å². The first-order chi connectivity index (χ1) is 11.0. The Kier molecular flexibility index (Phi) is 5.88. The van der Waals surface area contributed by atoms with Crippen molar-refractivity contribution in [1.29, 1.82) is 0 Å². The molecule has 0 atom stereocenters. The van der Waals surface area contributed by atoms with Crippen LogP contribution in [0.1, 0.15) is 5.56 Å². The Morgan fingerprint density at radius 2 is 1.83 bits per heavy atom. The van der Waals surface area contributed by atoms with E-state index in [2.05, 4.69) is 5.32 Å². The fraction of sp³-hybridized carbons (Fsp3) is 0.0588. The van der Waals surface area contributed by atoms with Crippen LogP contribution in [-0.2, 0) is 14.3 Å². The van der Waals surface area contributed by atoms with Crippen molar-refractivity contribution in [3.05, 3.63) is 71.0 Å². The highest BCUT2D eigenvalue weighted by atomic mass is 35.5. The zero-order valence-corrected chi connectivity index (χ0v) is 12.7. The number of ether oxygens (including phenoxy) is 1. The van der Waals surface area contributed by atoms with E-state index in [1.54, 1.807) is 36.4 Å². The molecule has 118 valence electrons. The summed E-state index contributed by atoms with van der Waals surface area (Å²) in [7, 11) is 0. The summed E-state index contributed by atoms with van der Waals surface area (Å²) in [6.07, 6.45) is 2.35. The Balaban J connectivity index is 1.81. The highest BCUT2D eigenvalue weighted by Gasteiger charge is 2.06. The molecule has 0 unspecified atom stereocenters. The number of carbonyl (C=O) groups is 2. The van der Waals surface area contributed by atoms with Gasteiger partial charge in [0.2, 0.25) is 0 Å². The van der Waals surface area contributed by atoms with E-state index in [0.29, 0.717) is 10.7 Å². The molecule has 1 amide bonds. The van der Waals surface area contributed by atoms with Crippen molar-refractivity contribution in [2.75, 3.05) is 11.9 Å². The van der Waals surface area contributed by atoms with Crippen molar-refractivity contribution in [2.24, 2.45) is 0 Å². The van der Waals surface area contributed by atoms with Gasteiger partial charge < -0.3 is 10.1 Å². The number of halogens is 2. The first-order valence-corrected chi connectivity index (χ1v) is 7.07. The molecule has 0 aliphatic carbocycles. The molecule has 0 saturated carbocycles. The Morgan fingerprint density at radius 1 is 1.13 bits per heavy atom. The van der Waals surface area contributed by atoms with Gasteiger partial charge in [-0.15, -0.1) is 0 Å². The van der Waals surface area contributed by atoms with Gasteiger partial charge in [-0.3, -0.25) is 4.79 Å². The number of anilines is 1. The number of benzene rings is 2. The number of amides is 1.